The highest BCUT2D eigenvalue weighted by Crippen LogP contribution is 2.17. The Labute approximate surface area is 136 Å². The number of benzene rings is 1. The molecule has 130 valence electrons. The molecule has 4 nitrogen and oxygen atoms in total. The number of halogens is 2. The number of nitrogens with zero attached hydrogens (tertiary/aromatic N) is 2. The Kier molecular flexibility index (Phi) is 6.74. The third-order valence-electron chi connectivity index (χ3n) is 4.06. The van der Waals surface area contributed by atoms with Crippen LogP contribution in [0, 0.1) is 0 Å². The van der Waals surface area contributed by atoms with Gasteiger partial charge >= 0.3 is 0 Å². The number of aliphatic hydroxyl groups excluding tert-OH is 1. The van der Waals surface area contributed by atoms with E-state index in [1.54, 1.807) is 12.1 Å². The molecule has 0 bridgehead atoms. The van der Waals surface area contributed by atoms with Crippen molar-refractivity contribution < 1.29 is 18.6 Å². The molecule has 0 spiro atoms. The van der Waals surface area contributed by atoms with Crippen molar-refractivity contribution in [3.05, 3.63) is 29.8 Å². The summed E-state index contributed by atoms with van der Waals surface area (Å²) < 4.78 is 29.2. The maximum Gasteiger partial charge on any atom is 0.272 e. The third kappa shape index (κ3) is 6.05. The second kappa shape index (κ2) is 8.57. The fourth-order valence-electron chi connectivity index (χ4n) is 2.93. The number of hydrogen-bond donors (Lipinski definition) is 1. The lowest BCUT2D eigenvalue weighted by molar-refractivity contribution is 0.0472. The van der Waals surface area contributed by atoms with Gasteiger partial charge in [0.15, 0.2) is 0 Å². The van der Waals surface area contributed by atoms with Crippen LogP contribution in [0.1, 0.15) is 19.4 Å². The number of ether oxygens (including phenoxy) is 1. The van der Waals surface area contributed by atoms with Crippen molar-refractivity contribution in [1.82, 2.24) is 9.80 Å². The van der Waals surface area contributed by atoms with E-state index in [1.165, 1.54) is 0 Å². The minimum Gasteiger partial charge on any atom is -0.488 e. The summed E-state index contributed by atoms with van der Waals surface area (Å²) in [6, 6.07) is 7.75. The summed E-state index contributed by atoms with van der Waals surface area (Å²) in [5.41, 5.74) is 1.14. The summed E-state index contributed by atoms with van der Waals surface area (Å²) >= 11 is 0. The second-order valence-corrected chi connectivity index (χ2v) is 6.27. The molecule has 0 radical (unpaired) electrons. The Balaban J connectivity index is 1.83. The zero-order valence-corrected chi connectivity index (χ0v) is 13.8. The number of piperazine rings is 1. The van der Waals surface area contributed by atoms with Crippen LogP contribution in [-0.2, 0) is 6.54 Å². The van der Waals surface area contributed by atoms with Crippen molar-refractivity contribution >= 4 is 0 Å². The van der Waals surface area contributed by atoms with Gasteiger partial charge in [-0.3, -0.25) is 9.80 Å². The van der Waals surface area contributed by atoms with Crippen LogP contribution < -0.4 is 4.74 Å². The Hall–Kier alpha value is -1.24. The van der Waals surface area contributed by atoms with Crippen LogP contribution in [0.15, 0.2) is 24.3 Å². The van der Waals surface area contributed by atoms with E-state index in [0.717, 1.165) is 31.7 Å². The van der Waals surface area contributed by atoms with Crippen molar-refractivity contribution in [2.24, 2.45) is 0 Å². The van der Waals surface area contributed by atoms with Crippen LogP contribution in [-0.4, -0.2) is 66.3 Å². The van der Waals surface area contributed by atoms with Crippen LogP contribution in [0.25, 0.3) is 0 Å². The molecule has 2 rings (SSSR count). The van der Waals surface area contributed by atoms with Gasteiger partial charge in [-0.1, -0.05) is 12.1 Å². The quantitative estimate of drug-likeness (QED) is 0.833. The van der Waals surface area contributed by atoms with Gasteiger partial charge in [0, 0.05) is 38.8 Å². The first-order valence-electron chi connectivity index (χ1n) is 8.08. The highest BCUT2D eigenvalue weighted by atomic mass is 19.3. The van der Waals surface area contributed by atoms with E-state index in [9.17, 15) is 13.9 Å². The second-order valence-electron chi connectivity index (χ2n) is 6.27. The Morgan fingerprint density at radius 3 is 2.52 bits per heavy atom. The van der Waals surface area contributed by atoms with Gasteiger partial charge in [0.2, 0.25) is 0 Å². The highest BCUT2D eigenvalue weighted by molar-refractivity contribution is 5.27. The third-order valence-corrected chi connectivity index (χ3v) is 4.06. The van der Waals surface area contributed by atoms with Gasteiger partial charge < -0.3 is 9.84 Å². The molecule has 0 aliphatic carbocycles. The summed E-state index contributed by atoms with van der Waals surface area (Å²) in [5.74, 6) is 0.476. The highest BCUT2D eigenvalue weighted by Gasteiger charge is 2.24. The molecule has 0 aromatic heterocycles. The Morgan fingerprint density at radius 1 is 1.26 bits per heavy atom. The average molecular weight is 328 g/mol. The molecule has 1 aromatic carbocycles. The first-order chi connectivity index (χ1) is 10.9. The number of aliphatic hydroxyl groups is 1. The molecule has 23 heavy (non-hydrogen) atoms. The maximum atomic E-state index is 12.1. The molecule has 0 amide bonds. The largest absolute Gasteiger partial charge is 0.488 e. The molecular weight excluding hydrogens is 302 g/mol. The summed E-state index contributed by atoms with van der Waals surface area (Å²) in [6.07, 6.45) is -2.75. The van der Waals surface area contributed by atoms with Gasteiger partial charge in [-0.2, -0.15) is 0 Å². The molecule has 1 aromatic rings. The molecule has 6 heteroatoms. The monoisotopic (exact) mass is 328 g/mol. The van der Waals surface area contributed by atoms with Crippen molar-refractivity contribution in [1.29, 1.82) is 0 Å². The molecule has 1 fully saturated rings. The number of rotatable bonds is 7. The molecule has 0 unspecified atom stereocenters. The Bertz CT molecular complexity index is 468. The van der Waals surface area contributed by atoms with E-state index in [4.69, 9.17) is 4.74 Å². The van der Waals surface area contributed by atoms with Crippen molar-refractivity contribution in [2.75, 3.05) is 32.8 Å². The summed E-state index contributed by atoms with van der Waals surface area (Å²) in [6.45, 7) is 7.83. The molecule has 1 aliphatic rings. The number of hydrogen-bond acceptors (Lipinski definition) is 4. The fraction of sp³-hybridized carbons (Fsp3) is 0.647. The van der Waals surface area contributed by atoms with Crippen molar-refractivity contribution in [3.8, 4) is 5.75 Å². The molecule has 1 saturated heterocycles. The molecule has 2 atom stereocenters. The Morgan fingerprint density at radius 2 is 1.96 bits per heavy atom. The predicted octanol–water partition coefficient (Wildman–Crippen LogP) is 2.22. The average Bonchev–Trinajstić information content (AvgIpc) is 2.48. The molecule has 1 heterocycles. The lowest BCUT2D eigenvalue weighted by Gasteiger charge is -2.40. The van der Waals surface area contributed by atoms with Gasteiger partial charge in [-0.25, -0.2) is 8.78 Å². The van der Waals surface area contributed by atoms with Gasteiger partial charge in [-0.15, -0.1) is 0 Å². The minimum atomic E-state index is -2.45. The van der Waals surface area contributed by atoms with Crippen molar-refractivity contribution in [3.63, 3.8) is 0 Å². The fourth-order valence-corrected chi connectivity index (χ4v) is 2.93. The van der Waals surface area contributed by atoms with E-state index < -0.39 is 13.0 Å². The summed E-state index contributed by atoms with van der Waals surface area (Å²) in [4.78, 5) is 4.68. The maximum absolute atomic E-state index is 12.1. The number of alkyl halides is 2. The number of β-amino-alcohol motifs (C(OH)–C–C–N with tert-alkyl or cyclic N) is 1. The summed E-state index contributed by atoms with van der Waals surface area (Å²) in [5, 5.41) is 9.48. The van der Waals surface area contributed by atoms with E-state index in [0.29, 0.717) is 18.3 Å². The zero-order chi connectivity index (χ0) is 16.8. The standard InChI is InChI=1S/C17H26F2N2O2/c1-13-9-20(10-14(2)22)7-8-21(13)11-15-3-5-16(6-4-15)23-12-17(18)19/h3-6,13-14,17,22H,7-12H2,1-2H3/t13-,14-/m0/s1. The molecule has 1 aliphatic heterocycles. The molecule has 1 N–H and O–H groups in total. The van der Waals surface area contributed by atoms with Gasteiger partial charge in [0.05, 0.1) is 6.10 Å². The van der Waals surface area contributed by atoms with E-state index in [1.807, 2.05) is 19.1 Å². The zero-order valence-electron chi connectivity index (χ0n) is 13.8. The molecule has 0 saturated carbocycles. The first-order valence-corrected chi connectivity index (χ1v) is 8.08. The van der Waals surface area contributed by atoms with E-state index >= 15 is 0 Å². The predicted molar refractivity (Wildman–Crippen MR) is 85.9 cm³/mol. The normalized spacial score (nSPS) is 21.6. The van der Waals surface area contributed by atoms with Crippen LogP contribution in [0.3, 0.4) is 0 Å². The molecular formula is C17H26F2N2O2. The minimum absolute atomic E-state index is 0.297. The van der Waals surface area contributed by atoms with Gasteiger partial charge in [-0.05, 0) is 31.5 Å². The lowest BCUT2D eigenvalue weighted by Crippen LogP contribution is -2.52. The van der Waals surface area contributed by atoms with E-state index in [-0.39, 0.29) is 6.10 Å². The SMILES string of the molecule is C[C@H](O)CN1CCN(Cc2ccc(OCC(F)F)cc2)[C@@H](C)C1. The van der Waals surface area contributed by atoms with Crippen LogP contribution in [0.5, 0.6) is 5.75 Å². The van der Waals surface area contributed by atoms with Crippen molar-refractivity contribution in [2.45, 2.75) is 39.0 Å². The van der Waals surface area contributed by atoms with Crippen LogP contribution in [0.4, 0.5) is 8.78 Å². The van der Waals surface area contributed by atoms with Gasteiger partial charge in [0.1, 0.15) is 12.4 Å². The first kappa shape index (κ1) is 18.1. The van der Waals surface area contributed by atoms with Crippen LogP contribution in [0.2, 0.25) is 0 Å². The summed E-state index contributed by atoms with van der Waals surface area (Å²) in [7, 11) is 0. The van der Waals surface area contributed by atoms with E-state index in [2.05, 4.69) is 16.7 Å². The van der Waals surface area contributed by atoms with Gasteiger partial charge in [0.25, 0.3) is 6.43 Å². The van der Waals surface area contributed by atoms with Crippen LogP contribution >= 0.6 is 0 Å². The smallest absolute Gasteiger partial charge is 0.272 e. The topological polar surface area (TPSA) is 35.9 Å². The lowest BCUT2D eigenvalue weighted by atomic mass is 10.1.